The van der Waals surface area contributed by atoms with Crippen LogP contribution in [0.5, 0.6) is 11.5 Å². The number of halogens is 1. The van der Waals surface area contributed by atoms with Crippen LogP contribution in [-0.2, 0) is 14.8 Å². The monoisotopic (exact) mass is 407 g/mol. The van der Waals surface area contributed by atoms with Gasteiger partial charge in [-0.3, -0.25) is 4.79 Å². The maximum absolute atomic E-state index is 12.4. The van der Waals surface area contributed by atoms with E-state index >= 15 is 0 Å². The fourth-order valence-electron chi connectivity index (χ4n) is 2.28. The zero-order chi connectivity index (χ0) is 18.3. The number of benzene rings is 1. The maximum atomic E-state index is 12.4. The van der Waals surface area contributed by atoms with Crippen molar-refractivity contribution < 1.29 is 22.7 Å². The Kier molecular flexibility index (Phi) is 9.14. The van der Waals surface area contributed by atoms with Crippen molar-refractivity contribution in [3.8, 4) is 11.5 Å². The van der Waals surface area contributed by atoms with E-state index in [1.54, 1.807) is 18.0 Å². The highest BCUT2D eigenvalue weighted by molar-refractivity contribution is 7.89. The minimum absolute atomic E-state index is 0. The third-order valence-electron chi connectivity index (χ3n) is 3.78. The lowest BCUT2D eigenvalue weighted by Crippen LogP contribution is -2.35. The van der Waals surface area contributed by atoms with Crippen molar-refractivity contribution in [2.75, 3.05) is 46.9 Å². The number of nitrogens with one attached hydrogen (secondary N) is 2. The number of ether oxygens (including phenoxy) is 2. The van der Waals surface area contributed by atoms with Crippen LogP contribution in [0, 0.1) is 0 Å². The molecule has 1 aliphatic rings. The molecule has 10 heteroatoms. The van der Waals surface area contributed by atoms with Crippen molar-refractivity contribution >= 4 is 28.3 Å². The Morgan fingerprint density at radius 3 is 2.58 bits per heavy atom. The van der Waals surface area contributed by atoms with Gasteiger partial charge in [-0.15, -0.1) is 12.4 Å². The van der Waals surface area contributed by atoms with E-state index in [0.29, 0.717) is 37.8 Å². The van der Waals surface area contributed by atoms with Crippen molar-refractivity contribution in [1.82, 2.24) is 14.9 Å². The second kappa shape index (κ2) is 10.6. The molecule has 0 bridgehead atoms. The summed E-state index contributed by atoms with van der Waals surface area (Å²) in [5.41, 5.74) is 0. The summed E-state index contributed by atoms with van der Waals surface area (Å²) in [5, 5.41) is 2.96. The Balaban J connectivity index is 0.00000338. The van der Waals surface area contributed by atoms with Crippen molar-refractivity contribution in [1.29, 1.82) is 0 Å². The van der Waals surface area contributed by atoms with Gasteiger partial charge in [0.05, 0.1) is 18.1 Å². The molecular formula is C16H26ClN3O5S. The molecule has 1 aliphatic heterocycles. The lowest BCUT2D eigenvalue weighted by molar-refractivity contribution is -0.129. The van der Waals surface area contributed by atoms with Gasteiger partial charge < -0.3 is 19.7 Å². The van der Waals surface area contributed by atoms with E-state index < -0.39 is 10.0 Å². The number of nitrogens with zero attached hydrogens (tertiary/aromatic N) is 1. The third kappa shape index (κ3) is 6.31. The van der Waals surface area contributed by atoms with E-state index in [9.17, 15) is 13.2 Å². The molecule has 2 N–H and O–H groups in total. The molecule has 148 valence electrons. The van der Waals surface area contributed by atoms with Gasteiger partial charge in [0.25, 0.3) is 0 Å². The van der Waals surface area contributed by atoms with Gasteiger partial charge in [0, 0.05) is 45.6 Å². The molecule has 1 heterocycles. The SMILES string of the molecule is CNCCN(C)C(=O)CCNS(=O)(=O)c1ccc2c(c1)OCCCO2.Cl. The van der Waals surface area contributed by atoms with E-state index in [2.05, 4.69) is 10.0 Å². The average Bonchev–Trinajstić information content (AvgIpc) is 2.84. The Hall–Kier alpha value is -1.55. The molecule has 0 saturated carbocycles. The van der Waals surface area contributed by atoms with Gasteiger partial charge >= 0.3 is 0 Å². The summed E-state index contributed by atoms with van der Waals surface area (Å²) >= 11 is 0. The predicted molar refractivity (Wildman–Crippen MR) is 101 cm³/mol. The van der Waals surface area contributed by atoms with E-state index in [-0.39, 0.29) is 36.2 Å². The first-order valence-corrected chi connectivity index (χ1v) is 9.70. The second-order valence-electron chi connectivity index (χ2n) is 5.73. The first-order chi connectivity index (χ1) is 11.9. The standard InChI is InChI=1S/C16H25N3O5S.ClH/c1-17-8-9-19(2)16(20)6-7-18-25(21,22)13-4-5-14-15(12-13)24-11-3-10-23-14;/h4-5,12,17-18H,3,6-11H2,1-2H3;1H. The number of likely N-dealkylation sites (N-methyl/N-ethyl adjacent to an activating group) is 2. The Morgan fingerprint density at radius 2 is 1.88 bits per heavy atom. The zero-order valence-corrected chi connectivity index (χ0v) is 16.6. The van der Waals surface area contributed by atoms with Crippen LogP contribution in [0.15, 0.2) is 23.1 Å². The normalized spacial score (nSPS) is 13.5. The summed E-state index contributed by atoms with van der Waals surface area (Å²) in [4.78, 5) is 13.6. The number of hydrogen-bond acceptors (Lipinski definition) is 6. The molecule has 0 aliphatic carbocycles. The average molecular weight is 408 g/mol. The van der Waals surface area contributed by atoms with Gasteiger partial charge in [-0.25, -0.2) is 13.1 Å². The van der Waals surface area contributed by atoms with Crippen LogP contribution in [-0.4, -0.2) is 66.2 Å². The van der Waals surface area contributed by atoms with E-state index in [1.165, 1.54) is 12.1 Å². The summed E-state index contributed by atoms with van der Waals surface area (Å²) in [5.74, 6) is 0.845. The number of rotatable bonds is 8. The van der Waals surface area contributed by atoms with Crippen LogP contribution in [0.25, 0.3) is 0 Å². The van der Waals surface area contributed by atoms with Gasteiger partial charge in [-0.2, -0.15) is 0 Å². The highest BCUT2D eigenvalue weighted by Gasteiger charge is 2.19. The Morgan fingerprint density at radius 1 is 1.19 bits per heavy atom. The number of carbonyl (C=O) groups excluding carboxylic acids is 1. The topological polar surface area (TPSA) is 97.0 Å². The summed E-state index contributed by atoms with van der Waals surface area (Å²) in [6.07, 6.45) is 0.849. The fraction of sp³-hybridized carbons (Fsp3) is 0.562. The number of hydrogen-bond donors (Lipinski definition) is 2. The van der Waals surface area contributed by atoms with Crippen LogP contribution in [0.4, 0.5) is 0 Å². The van der Waals surface area contributed by atoms with E-state index in [4.69, 9.17) is 9.47 Å². The molecule has 1 amide bonds. The largest absolute Gasteiger partial charge is 0.490 e. The lowest BCUT2D eigenvalue weighted by Gasteiger charge is -2.17. The van der Waals surface area contributed by atoms with E-state index in [1.807, 2.05) is 7.05 Å². The minimum atomic E-state index is -3.71. The highest BCUT2D eigenvalue weighted by Crippen LogP contribution is 2.31. The van der Waals surface area contributed by atoms with Crippen LogP contribution >= 0.6 is 12.4 Å². The van der Waals surface area contributed by atoms with Crippen molar-refractivity contribution in [2.45, 2.75) is 17.7 Å². The number of carbonyl (C=O) groups is 1. The summed E-state index contributed by atoms with van der Waals surface area (Å²) in [6, 6.07) is 4.51. The number of amides is 1. The summed E-state index contributed by atoms with van der Waals surface area (Å²) in [6.45, 7) is 2.33. The lowest BCUT2D eigenvalue weighted by atomic mass is 10.3. The van der Waals surface area contributed by atoms with Crippen molar-refractivity contribution in [3.63, 3.8) is 0 Å². The molecule has 0 saturated heterocycles. The second-order valence-corrected chi connectivity index (χ2v) is 7.49. The molecular weight excluding hydrogens is 382 g/mol. The molecule has 1 aromatic rings. The molecule has 0 aromatic heterocycles. The smallest absolute Gasteiger partial charge is 0.240 e. The molecule has 0 unspecified atom stereocenters. The molecule has 26 heavy (non-hydrogen) atoms. The number of sulfonamides is 1. The van der Waals surface area contributed by atoms with Crippen LogP contribution in [0.2, 0.25) is 0 Å². The molecule has 8 nitrogen and oxygen atoms in total. The maximum Gasteiger partial charge on any atom is 0.240 e. The Labute approximate surface area is 160 Å². The molecule has 1 aromatic carbocycles. The van der Waals surface area contributed by atoms with Crippen LogP contribution in [0.1, 0.15) is 12.8 Å². The third-order valence-corrected chi connectivity index (χ3v) is 5.24. The van der Waals surface area contributed by atoms with E-state index in [0.717, 1.165) is 6.42 Å². The first kappa shape index (κ1) is 22.5. The van der Waals surface area contributed by atoms with Gasteiger partial charge in [0.1, 0.15) is 0 Å². The quantitative estimate of drug-likeness (QED) is 0.655. The van der Waals surface area contributed by atoms with Gasteiger partial charge in [0.2, 0.25) is 15.9 Å². The molecule has 0 spiro atoms. The number of fused-ring (bicyclic) bond motifs is 1. The summed E-state index contributed by atoms with van der Waals surface area (Å²) in [7, 11) is -0.213. The molecule has 0 fully saturated rings. The van der Waals surface area contributed by atoms with Crippen LogP contribution < -0.4 is 19.5 Å². The van der Waals surface area contributed by atoms with Gasteiger partial charge in [0.15, 0.2) is 11.5 Å². The van der Waals surface area contributed by atoms with Crippen molar-refractivity contribution in [3.05, 3.63) is 18.2 Å². The molecule has 2 rings (SSSR count). The minimum Gasteiger partial charge on any atom is -0.490 e. The molecule has 0 radical (unpaired) electrons. The first-order valence-electron chi connectivity index (χ1n) is 8.22. The zero-order valence-electron chi connectivity index (χ0n) is 15.0. The highest BCUT2D eigenvalue weighted by atomic mass is 35.5. The van der Waals surface area contributed by atoms with Crippen LogP contribution in [0.3, 0.4) is 0 Å². The van der Waals surface area contributed by atoms with Gasteiger partial charge in [-0.1, -0.05) is 0 Å². The fourth-order valence-corrected chi connectivity index (χ4v) is 3.33. The summed E-state index contributed by atoms with van der Waals surface area (Å²) < 4.78 is 38.2. The molecule has 0 atom stereocenters. The van der Waals surface area contributed by atoms with Gasteiger partial charge in [-0.05, 0) is 19.2 Å². The predicted octanol–water partition coefficient (Wildman–Crippen LogP) is 0.616. The van der Waals surface area contributed by atoms with Crippen molar-refractivity contribution in [2.24, 2.45) is 0 Å². The Bertz CT molecular complexity index is 699.